The van der Waals surface area contributed by atoms with Crippen molar-refractivity contribution >= 4 is 5.91 Å². The smallest absolute Gasteiger partial charge is 0.253 e. The van der Waals surface area contributed by atoms with Crippen LogP contribution in [0.2, 0.25) is 0 Å². The van der Waals surface area contributed by atoms with Crippen LogP contribution in [-0.4, -0.2) is 25.1 Å². The van der Waals surface area contributed by atoms with Crippen molar-refractivity contribution < 1.29 is 14.3 Å². The van der Waals surface area contributed by atoms with Gasteiger partial charge in [-0.05, 0) is 24.3 Å². The van der Waals surface area contributed by atoms with E-state index in [1.54, 1.807) is 32.4 Å². The highest BCUT2D eigenvalue weighted by atomic mass is 16.5. The monoisotopic (exact) mass is 288 g/mol. The summed E-state index contributed by atoms with van der Waals surface area (Å²) in [5.41, 5.74) is 0.937. The fraction of sp³-hybridized carbons (Fsp3) is 0.200. The fourth-order valence-electron chi connectivity index (χ4n) is 1.85. The standard InChI is InChI=1S/C15H16N2O4/c1-20-12-4-5-13(21-2)11(7-12)9-17-15(19)10-3-6-14(18)16-8-10/h3-8H,9H2,1-2H3,(H,16,18)(H,17,19). The first-order valence-electron chi connectivity index (χ1n) is 6.32. The third-order valence-corrected chi connectivity index (χ3v) is 2.97. The molecule has 0 spiro atoms. The summed E-state index contributed by atoms with van der Waals surface area (Å²) in [5.74, 6) is 1.07. The van der Waals surface area contributed by atoms with Crippen LogP contribution in [0, 0.1) is 0 Å². The summed E-state index contributed by atoms with van der Waals surface area (Å²) in [5, 5.41) is 2.76. The highest BCUT2D eigenvalue weighted by Gasteiger charge is 2.09. The number of methoxy groups -OCH3 is 2. The van der Waals surface area contributed by atoms with Gasteiger partial charge in [0, 0.05) is 24.4 Å². The second kappa shape index (κ2) is 6.60. The van der Waals surface area contributed by atoms with Crippen molar-refractivity contribution in [1.29, 1.82) is 0 Å². The summed E-state index contributed by atoms with van der Waals surface area (Å²) in [6.45, 7) is 0.290. The number of aromatic nitrogens is 1. The molecule has 1 heterocycles. The summed E-state index contributed by atoms with van der Waals surface area (Å²) in [4.78, 5) is 25.4. The van der Waals surface area contributed by atoms with Gasteiger partial charge in [0.15, 0.2) is 0 Å². The maximum atomic E-state index is 12.0. The third-order valence-electron chi connectivity index (χ3n) is 2.97. The van der Waals surface area contributed by atoms with Crippen LogP contribution in [0.1, 0.15) is 15.9 Å². The van der Waals surface area contributed by atoms with Crippen LogP contribution in [0.3, 0.4) is 0 Å². The number of ether oxygens (including phenoxy) is 2. The molecule has 2 rings (SSSR count). The quantitative estimate of drug-likeness (QED) is 0.869. The largest absolute Gasteiger partial charge is 0.497 e. The van der Waals surface area contributed by atoms with Crippen molar-refractivity contribution in [1.82, 2.24) is 10.3 Å². The summed E-state index contributed by atoms with van der Waals surface area (Å²) < 4.78 is 10.4. The van der Waals surface area contributed by atoms with E-state index in [0.29, 0.717) is 23.6 Å². The van der Waals surface area contributed by atoms with Gasteiger partial charge in [0.05, 0.1) is 19.8 Å². The molecule has 2 aromatic rings. The topological polar surface area (TPSA) is 80.4 Å². The van der Waals surface area contributed by atoms with Crippen molar-refractivity contribution in [3.05, 3.63) is 58.0 Å². The maximum Gasteiger partial charge on any atom is 0.253 e. The Balaban J connectivity index is 2.10. The molecule has 0 atom stereocenters. The fourth-order valence-corrected chi connectivity index (χ4v) is 1.85. The van der Waals surface area contributed by atoms with Gasteiger partial charge < -0.3 is 19.8 Å². The first-order valence-corrected chi connectivity index (χ1v) is 6.32. The van der Waals surface area contributed by atoms with Crippen LogP contribution in [0.15, 0.2) is 41.3 Å². The Morgan fingerprint density at radius 1 is 1.19 bits per heavy atom. The summed E-state index contributed by atoms with van der Waals surface area (Å²) in [6.07, 6.45) is 1.38. The van der Waals surface area contributed by atoms with Crippen molar-refractivity contribution in [3.8, 4) is 11.5 Å². The minimum absolute atomic E-state index is 0.249. The number of hydrogen-bond donors (Lipinski definition) is 2. The zero-order chi connectivity index (χ0) is 15.2. The Morgan fingerprint density at radius 3 is 2.62 bits per heavy atom. The summed E-state index contributed by atoms with van der Waals surface area (Å²) in [7, 11) is 3.14. The number of carbonyl (C=O) groups excluding carboxylic acids is 1. The third kappa shape index (κ3) is 3.62. The van der Waals surface area contributed by atoms with Gasteiger partial charge in [0.25, 0.3) is 5.91 Å². The molecule has 0 fully saturated rings. The summed E-state index contributed by atoms with van der Waals surface area (Å²) in [6, 6.07) is 8.14. The maximum absolute atomic E-state index is 12.0. The molecule has 0 aliphatic heterocycles. The van der Waals surface area contributed by atoms with E-state index in [4.69, 9.17) is 9.47 Å². The number of nitrogens with one attached hydrogen (secondary N) is 2. The SMILES string of the molecule is COc1ccc(OC)c(CNC(=O)c2ccc(=O)[nH]c2)c1. The second-order valence-corrected chi connectivity index (χ2v) is 4.30. The van der Waals surface area contributed by atoms with Gasteiger partial charge in [-0.3, -0.25) is 9.59 Å². The lowest BCUT2D eigenvalue weighted by atomic mass is 10.1. The zero-order valence-corrected chi connectivity index (χ0v) is 11.8. The minimum Gasteiger partial charge on any atom is -0.497 e. The lowest BCUT2D eigenvalue weighted by Crippen LogP contribution is -2.24. The molecule has 6 heteroatoms. The van der Waals surface area contributed by atoms with E-state index in [1.165, 1.54) is 18.3 Å². The van der Waals surface area contributed by atoms with Crippen LogP contribution in [0.25, 0.3) is 0 Å². The van der Waals surface area contributed by atoms with Crippen LogP contribution < -0.4 is 20.3 Å². The van der Waals surface area contributed by atoms with Crippen molar-refractivity contribution in [3.63, 3.8) is 0 Å². The van der Waals surface area contributed by atoms with Crippen LogP contribution in [-0.2, 0) is 6.54 Å². The van der Waals surface area contributed by atoms with Gasteiger partial charge in [-0.2, -0.15) is 0 Å². The minimum atomic E-state index is -0.281. The second-order valence-electron chi connectivity index (χ2n) is 4.30. The normalized spacial score (nSPS) is 10.0. The average Bonchev–Trinajstić information content (AvgIpc) is 2.52. The van der Waals surface area contributed by atoms with E-state index in [-0.39, 0.29) is 11.5 Å². The molecule has 0 aliphatic carbocycles. The number of aromatic amines is 1. The van der Waals surface area contributed by atoms with Gasteiger partial charge in [-0.1, -0.05) is 0 Å². The van der Waals surface area contributed by atoms with Crippen molar-refractivity contribution in [2.45, 2.75) is 6.54 Å². The Labute approximate surface area is 121 Å². The molecule has 2 N–H and O–H groups in total. The molecule has 110 valence electrons. The predicted octanol–water partition coefficient (Wildman–Crippen LogP) is 1.32. The molecule has 0 aliphatic rings. The lowest BCUT2D eigenvalue weighted by molar-refractivity contribution is 0.0950. The molecular formula is C15H16N2O4. The van der Waals surface area contributed by atoms with E-state index >= 15 is 0 Å². The highest BCUT2D eigenvalue weighted by Crippen LogP contribution is 2.23. The van der Waals surface area contributed by atoms with Gasteiger partial charge in [-0.25, -0.2) is 0 Å². The van der Waals surface area contributed by atoms with E-state index in [1.807, 2.05) is 0 Å². The number of pyridine rings is 1. The van der Waals surface area contributed by atoms with E-state index in [2.05, 4.69) is 10.3 Å². The van der Waals surface area contributed by atoms with Crippen molar-refractivity contribution in [2.75, 3.05) is 14.2 Å². The number of hydrogen-bond acceptors (Lipinski definition) is 4. The molecule has 1 aromatic heterocycles. The molecule has 0 saturated heterocycles. The van der Waals surface area contributed by atoms with E-state index in [9.17, 15) is 9.59 Å². The van der Waals surface area contributed by atoms with Crippen LogP contribution in [0.4, 0.5) is 0 Å². The molecule has 0 unspecified atom stereocenters. The number of carbonyl (C=O) groups is 1. The van der Waals surface area contributed by atoms with Crippen LogP contribution in [0.5, 0.6) is 11.5 Å². The average molecular weight is 288 g/mol. The number of rotatable bonds is 5. The Kier molecular flexibility index (Phi) is 4.61. The molecule has 1 aromatic carbocycles. The molecule has 0 radical (unpaired) electrons. The lowest BCUT2D eigenvalue weighted by Gasteiger charge is -2.11. The van der Waals surface area contributed by atoms with Gasteiger partial charge >= 0.3 is 0 Å². The Morgan fingerprint density at radius 2 is 2.00 bits per heavy atom. The Hall–Kier alpha value is -2.76. The van der Waals surface area contributed by atoms with Gasteiger partial charge in [-0.15, -0.1) is 0 Å². The predicted molar refractivity (Wildman–Crippen MR) is 77.8 cm³/mol. The zero-order valence-electron chi connectivity index (χ0n) is 11.8. The highest BCUT2D eigenvalue weighted by molar-refractivity contribution is 5.93. The van der Waals surface area contributed by atoms with Crippen molar-refractivity contribution in [2.24, 2.45) is 0 Å². The molecule has 0 bridgehead atoms. The summed E-state index contributed by atoms with van der Waals surface area (Å²) >= 11 is 0. The number of H-pyrrole nitrogens is 1. The molecule has 0 saturated carbocycles. The molecule has 6 nitrogen and oxygen atoms in total. The number of amides is 1. The Bertz CT molecular complexity index is 674. The van der Waals surface area contributed by atoms with E-state index < -0.39 is 0 Å². The first kappa shape index (κ1) is 14.6. The van der Waals surface area contributed by atoms with Gasteiger partial charge in [0.2, 0.25) is 5.56 Å². The molecule has 21 heavy (non-hydrogen) atoms. The number of benzene rings is 1. The van der Waals surface area contributed by atoms with E-state index in [0.717, 1.165) is 5.56 Å². The molecular weight excluding hydrogens is 272 g/mol. The van der Waals surface area contributed by atoms with Crippen LogP contribution >= 0.6 is 0 Å². The molecule has 1 amide bonds. The van der Waals surface area contributed by atoms with Gasteiger partial charge in [0.1, 0.15) is 11.5 Å². The first-order chi connectivity index (χ1) is 10.1.